The number of carbonyl (C=O) groups excluding carboxylic acids is 1. The zero-order chi connectivity index (χ0) is 20.7. The average molecular weight is 409 g/mol. The monoisotopic (exact) mass is 408 g/mol. The Labute approximate surface area is 165 Å². The fourth-order valence-corrected chi connectivity index (χ4v) is 2.77. The molecule has 1 amide bonds. The number of aromatic amines is 2. The van der Waals surface area contributed by atoms with Gasteiger partial charge in [-0.1, -0.05) is 11.6 Å². The molecular weight excluding hydrogens is 388 g/mol. The third-order valence-electron chi connectivity index (χ3n) is 3.80. The van der Waals surface area contributed by atoms with Gasteiger partial charge in [-0.25, -0.2) is 10.2 Å². The predicted molar refractivity (Wildman–Crippen MR) is 106 cm³/mol. The van der Waals surface area contributed by atoms with Gasteiger partial charge in [0.25, 0.3) is 5.56 Å². The van der Waals surface area contributed by atoms with Crippen molar-refractivity contribution in [3.05, 3.63) is 54.8 Å². The first-order valence-electron chi connectivity index (χ1n) is 8.50. The molecule has 0 unspecified atom stereocenters. The van der Waals surface area contributed by atoms with Crippen LogP contribution in [0.5, 0.6) is 11.5 Å². The molecule has 0 aliphatic heterocycles. The van der Waals surface area contributed by atoms with Gasteiger partial charge in [0.05, 0.1) is 25.0 Å². The lowest BCUT2D eigenvalue weighted by atomic mass is 10.1. The first-order chi connectivity index (χ1) is 13.3. The van der Waals surface area contributed by atoms with Gasteiger partial charge >= 0.3 is 5.69 Å². The number of carbonyl (C=O) groups is 1. The normalized spacial score (nSPS) is 10.9. The lowest BCUT2D eigenvalue weighted by Crippen LogP contribution is -2.28. The maximum atomic E-state index is 11.9. The van der Waals surface area contributed by atoms with Crippen LogP contribution in [-0.4, -0.2) is 35.8 Å². The van der Waals surface area contributed by atoms with Gasteiger partial charge < -0.3 is 14.5 Å². The Hall–Kier alpha value is -3.07. The highest BCUT2D eigenvalue weighted by atomic mass is 35.5. The van der Waals surface area contributed by atoms with E-state index < -0.39 is 11.2 Å². The van der Waals surface area contributed by atoms with Gasteiger partial charge in [-0.05, 0) is 38.0 Å². The summed E-state index contributed by atoms with van der Waals surface area (Å²) in [6.45, 7) is 3.88. The van der Waals surface area contributed by atoms with Gasteiger partial charge in [-0.15, -0.1) is 0 Å². The number of H-pyrrole nitrogens is 2. The van der Waals surface area contributed by atoms with Gasteiger partial charge in [0, 0.05) is 17.7 Å². The number of aryl methyl sites for hydroxylation is 1. The SMILES string of the molecule is CCOc1c(Cl)cc(/C=N/NC(=O)CCc2c(C)[nH]c(=O)[nH]c2=O)cc1OC. The van der Waals surface area contributed by atoms with Gasteiger partial charge in [-0.2, -0.15) is 5.10 Å². The second kappa shape index (κ2) is 9.75. The molecule has 0 spiro atoms. The summed E-state index contributed by atoms with van der Waals surface area (Å²) in [7, 11) is 1.50. The number of hydrogen-bond acceptors (Lipinski definition) is 6. The van der Waals surface area contributed by atoms with E-state index in [1.807, 2.05) is 6.92 Å². The zero-order valence-electron chi connectivity index (χ0n) is 15.7. The second-order valence-corrected chi connectivity index (χ2v) is 6.18. The maximum absolute atomic E-state index is 11.9. The number of ether oxygens (including phenoxy) is 2. The van der Waals surface area contributed by atoms with Crippen molar-refractivity contribution >= 4 is 23.7 Å². The first kappa shape index (κ1) is 21.2. The molecule has 9 nitrogen and oxygen atoms in total. The van der Waals surface area contributed by atoms with E-state index in [2.05, 4.69) is 20.5 Å². The van der Waals surface area contributed by atoms with Gasteiger partial charge in [-0.3, -0.25) is 14.6 Å². The van der Waals surface area contributed by atoms with E-state index in [0.717, 1.165) is 0 Å². The van der Waals surface area contributed by atoms with E-state index in [9.17, 15) is 14.4 Å². The summed E-state index contributed by atoms with van der Waals surface area (Å²) < 4.78 is 10.7. The largest absolute Gasteiger partial charge is 0.493 e. The van der Waals surface area contributed by atoms with Crippen molar-refractivity contribution in [1.82, 2.24) is 15.4 Å². The van der Waals surface area contributed by atoms with Crippen LogP contribution in [0.2, 0.25) is 5.02 Å². The summed E-state index contributed by atoms with van der Waals surface area (Å²) in [5.74, 6) is 0.509. The molecule has 0 saturated carbocycles. The molecule has 28 heavy (non-hydrogen) atoms. The molecule has 0 aliphatic carbocycles. The smallest absolute Gasteiger partial charge is 0.325 e. The highest BCUT2D eigenvalue weighted by Gasteiger charge is 2.11. The Morgan fingerprint density at radius 2 is 2.07 bits per heavy atom. The molecule has 0 radical (unpaired) electrons. The minimum atomic E-state index is -0.579. The summed E-state index contributed by atoms with van der Waals surface area (Å²) in [6, 6.07) is 3.31. The molecule has 2 rings (SSSR count). The van der Waals surface area contributed by atoms with Gasteiger partial charge in [0.15, 0.2) is 11.5 Å². The van der Waals surface area contributed by atoms with Crippen molar-refractivity contribution in [2.75, 3.05) is 13.7 Å². The average Bonchev–Trinajstić information content (AvgIpc) is 2.62. The quantitative estimate of drug-likeness (QED) is 0.451. The van der Waals surface area contributed by atoms with E-state index in [4.69, 9.17) is 21.1 Å². The van der Waals surface area contributed by atoms with Crippen LogP contribution in [0.25, 0.3) is 0 Å². The van der Waals surface area contributed by atoms with Crippen LogP contribution in [0, 0.1) is 6.92 Å². The van der Waals surface area contributed by atoms with Crippen molar-refractivity contribution in [2.45, 2.75) is 26.7 Å². The molecule has 0 fully saturated rings. The van der Waals surface area contributed by atoms with Crippen LogP contribution >= 0.6 is 11.6 Å². The Morgan fingerprint density at radius 3 is 2.71 bits per heavy atom. The number of methoxy groups -OCH3 is 1. The van der Waals surface area contributed by atoms with Gasteiger partial charge in [0.1, 0.15) is 0 Å². The zero-order valence-corrected chi connectivity index (χ0v) is 16.5. The lowest BCUT2D eigenvalue weighted by molar-refractivity contribution is -0.121. The molecular formula is C18H21ClN4O5. The van der Waals surface area contributed by atoms with Crippen LogP contribution in [0.1, 0.15) is 30.2 Å². The fraction of sp³-hybridized carbons (Fsp3) is 0.333. The molecule has 0 atom stereocenters. The Morgan fingerprint density at radius 1 is 1.32 bits per heavy atom. The van der Waals surface area contributed by atoms with Crippen LogP contribution in [0.15, 0.2) is 26.8 Å². The summed E-state index contributed by atoms with van der Waals surface area (Å²) in [5.41, 5.74) is 2.69. The molecule has 1 aromatic heterocycles. The minimum Gasteiger partial charge on any atom is -0.493 e. The van der Waals surface area contributed by atoms with Crippen molar-refractivity contribution in [1.29, 1.82) is 0 Å². The van der Waals surface area contributed by atoms with Crippen LogP contribution in [0.4, 0.5) is 0 Å². The Bertz CT molecular complexity index is 996. The van der Waals surface area contributed by atoms with Crippen LogP contribution < -0.4 is 26.1 Å². The van der Waals surface area contributed by atoms with Crippen LogP contribution in [-0.2, 0) is 11.2 Å². The second-order valence-electron chi connectivity index (χ2n) is 5.77. The lowest BCUT2D eigenvalue weighted by Gasteiger charge is -2.11. The third kappa shape index (κ3) is 5.46. The molecule has 150 valence electrons. The summed E-state index contributed by atoms with van der Waals surface area (Å²) in [6.07, 6.45) is 1.61. The maximum Gasteiger partial charge on any atom is 0.325 e. The third-order valence-corrected chi connectivity index (χ3v) is 4.08. The number of hydrazone groups is 1. The predicted octanol–water partition coefficient (Wildman–Crippen LogP) is 1.52. The highest BCUT2D eigenvalue weighted by molar-refractivity contribution is 6.32. The van der Waals surface area contributed by atoms with E-state index in [0.29, 0.717) is 39.9 Å². The number of halogens is 1. The molecule has 1 heterocycles. The minimum absolute atomic E-state index is 0.0284. The number of benzene rings is 1. The van der Waals surface area contributed by atoms with E-state index in [1.54, 1.807) is 19.1 Å². The topological polar surface area (TPSA) is 126 Å². The molecule has 0 bridgehead atoms. The number of amides is 1. The van der Waals surface area contributed by atoms with Crippen molar-refractivity contribution in [3.63, 3.8) is 0 Å². The molecule has 1 aromatic carbocycles. The summed E-state index contributed by atoms with van der Waals surface area (Å²) >= 11 is 6.18. The highest BCUT2D eigenvalue weighted by Crippen LogP contribution is 2.35. The van der Waals surface area contributed by atoms with E-state index in [1.165, 1.54) is 13.3 Å². The molecule has 3 N–H and O–H groups in total. The van der Waals surface area contributed by atoms with Crippen LogP contribution in [0.3, 0.4) is 0 Å². The fourth-order valence-electron chi connectivity index (χ4n) is 2.50. The van der Waals surface area contributed by atoms with E-state index in [-0.39, 0.29) is 18.7 Å². The summed E-state index contributed by atoms with van der Waals surface area (Å²) in [5, 5.41) is 4.24. The number of aromatic nitrogens is 2. The Kier molecular flexibility index (Phi) is 7.39. The number of nitrogens with one attached hydrogen (secondary N) is 3. The molecule has 0 aliphatic rings. The number of hydrogen-bond donors (Lipinski definition) is 3. The van der Waals surface area contributed by atoms with Crippen molar-refractivity contribution in [3.8, 4) is 11.5 Å². The first-order valence-corrected chi connectivity index (χ1v) is 8.87. The van der Waals surface area contributed by atoms with Crippen molar-refractivity contribution < 1.29 is 14.3 Å². The molecule has 10 heteroatoms. The standard InChI is InChI=1S/C18H21ClN4O5/c1-4-28-16-13(19)7-11(8-14(16)27-3)9-20-23-15(24)6-5-12-10(2)21-18(26)22-17(12)25/h7-9H,4-6H2,1-3H3,(H,23,24)(H2,21,22,25,26)/b20-9+. The molecule has 0 saturated heterocycles. The van der Waals surface area contributed by atoms with E-state index >= 15 is 0 Å². The number of nitrogens with zero attached hydrogens (tertiary/aromatic N) is 1. The number of rotatable bonds is 8. The summed E-state index contributed by atoms with van der Waals surface area (Å²) in [4.78, 5) is 39.5. The van der Waals surface area contributed by atoms with Gasteiger partial charge in [0.2, 0.25) is 5.91 Å². The Balaban J connectivity index is 1.99. The van der Waals surface area contributed by atoms with Crippen molar-refractivity contribution in [2.24, 2.45) is 5.10 Å². The molecule has 2 aromatic rings.